The molecule has 3 aromatic carbocycles. The Hall–Kier alpha value is -4.46. The van der Waals surface area contributed by atoms with Crippen molar-refractivity contribution in [2.45, 2.75) is 13.1 Å². The third-order valence-corrected chi connectivity index (χ3v) is 5.38. The molecule has 5 rings (SSSR count). The molecular weight excluding hydrogens is 425 g/mol. The molecule has 8 heteroatoms. The molecule has 164 valence electrons. The van der Waals surface area contributed by atoms with Crippen LogP contribution in [0.4, 0.5) is 4.39 Å². The first-order chi connectivity index (χ1) is 16.0. The minimum absolute atomic E-state index is 0.0593. The summed E-state index contributed by atoms with van der Waals surface area (Å²) < 4.78 is 21.3. The highest BCUT2D eigenvalue weighted by atomic mass is 19.1. The van der Waals surface area contributed by atoms with E-state index in [2.05, 4.69) is 5.32 Å². The van der Waals surface area contributed by atoms with Crippen molar-refractivity contribution >= 4 is 28.0 Å². The van der Waals surface area contributed by atoms with Crippen LogP contribution in [0.15, 0.2) is 92.9 Å². The Bertz CT molecular complexity index is 1600. The van der Waals surface area contributed by atoms with Crippen LogP contribution in [0, 0.1) is 5.82 Å². The lowest BCUT2D eigenvalue weighted by Gasteiger charge is -2.12. The number of para-hydroxylation sites is 1. The second kappa shape index (κ2) is 8.23. The summed E-state index contributed by atoms with van der Waals surface area (Å²) in [4.78, 5) is 39.4. The molecule has 7 nitrogen and oxygen atoms in total. The molecule has 0 bridgehead atoms. The van der Waals surface area contributed by atoms with Gasteiger partial charge < -0.3 is 9.73 Å². The zero-order valence-corrected chi connectivity index (χ0v) is 17.3. The number of fused-ring (bicyclic) bond motifs is 3. The first kappa shape index (κ1) is 20.4. The zero-order valence-electron chi connectivity index (χ0n) is 17.3. The van der Waals surface area contributed by atoms with E-state index in [4.69, 9.17) is 4.42 Å². The second-order valence-corrected chi connectivity index (χ2v) is 7.52. The Morgan fingerprint density at radius 2 is 1.61 bits per heavy atom. The van der Waals surface area contributed by atoms with Gasteiger partial charge in [0.05, 0.1) is 5.69 Å². The third kappa shape index (κ3) is 3.71. The van der Waals surface area contributed by atoms with E-state index in [0.717, 1.165) is 22.3 Å². The summed E-state index contributed by atoms with van der Waals surface area (Å²) >= 11 is 0. The van der Waals surface area contributed by atoms with Gasteiger partial charge in [-0.15, -0.1) is 0 Å². The van der Waals surface area contributed by atoms with Crippen molar-refractivity contribution in [1.82, 2.24) is 14.5 Å². The molecule has 0 aliphatic rings. The minimum atomic E-state index is -0.722. The number of hydrogen-bond acceptors (Lipinski definition) is 4. The molecule has 0 aliphatic carbocycles. The lowest BCUT2D eigenvalue weighted by Crippen LogP contribution is -2.41. The van der Waals surface area contributed by atoms with E-state index < -0.39 is 23.0 Å². The summed E-state index contributed by atoms with van der Waals surface area (Å²) in [5.41, 5.74) is 0.281. The van der Waals surface area contributed by atoms with E-state index in [0.29, 0.717) is 17.5 Å². The average Bonchev–Trinajstić information content (AvgIpc) is 3.22. The van der Waals surface area contributed by atoms with Gasteiger partial charge in [0, 0.05) is 11.9 Å². The highest BCUT2D eigenvalue weighted by Gasteiger charge is 2.22. The molecule has 5 aromatic rings. The third-order valence-electron chi connectivity index (χ3n) is 5.38. The summed E-state index contributed by atoms with van der Waals surface area (Å²) in [7, 11) is 0. The van der Waals surface area contributed by atoms with Gasteiger partial charge in [0.1, 0.15) is 23.5 Å². The molecule has 33 heavy (non-hydrogen) atoms. The van der Waals surface area contributed by atoms with Gasteiger partial charge in [0.25, 0.3) is 0 Å². The van der Waals surface area contributed by atoms with Crippen LogP contribution in [0.2, 0.25) is 0 Å². The maximum Gasteiger partial charge on any atom is 0.336 e. The Balaban J connectivity index is 1.65. The lowest BCUT2D eigenvalue weighted by atomic mass is 10.2. The highest BCUT2D eigenvalue weighted by Crippen LogP contribution is 2.25. The molecule has 0 aliphatic heterocycles. The van der Waals surface area contributed by atoms with Gasteiger partial charge in [0.15, 0.2) is 0 Å². The molecule has 0 saturated heterocycles. The first-order valence-corrected chi connectivity index (χ1v) is 10.3. The molecule has 0 fully saturated rings. The Labute approximate surface area is 186 Å². The Kier molecular flexibility index (Phi) is 5.10. The predicted octanol–water partition coefficient (Wildman–Crippen LogP) is 3.35. The quantitative estimate of drug-likeness (QED) is 0.451. The van der Waals surface area contributed by atoms with Gasteiger partial charge in [0.2, 0.25) is 11.5 Å². The standard InChI is InChI=1S/C25H18FN3O4/c26-17-10-12-18(13-11-17)29-24(31)23-22(19-8-4-5-9-20(19)33-23)28(25(29)32)15-21(30)27-14-16-6-2-1-3-7-16/h1-13H,14-15H2,(H,27,30). The van der Waals surface area contributed by atoms with Crippen LogP contribution in [-0.2, 0) is 17.9 Å². The van der Waals surface area contributed by atoms with Crippen molar-refractivity contribution in [2.24, 2.45) is 0 Å². The first-order valence-electron chi connectivity index (χ1n) is 10.3. The number of halogens is 1. The SMILES string of the molecule is O=C(Cn1c(=O)n(-c2ccc(F)cc2)c(=O)c2oc3ccccc3c21)NCc1ccccc1. The van der Waals surface area contributed by atoms with Crippen LogP contribution < -0.4 is 16.6 Å². The number of benzene rings is 3. The van der Waals surface area contributed by atoms with Gasteiger partial charge in [-0.25, -0.2) is 13.8 Å². The number of rotatable bonds is 5. The fourth-order valence-electron chi connectivity index (χ4n) is 3.81. The molecule has 1 amide bonds. The van der Waals surface area contributed by atoms with E-state index in [-0.39, 0.29) is 23.3 Å². The summed E-state index contributed by atoms with van der Waals surface area (Å²) in [6.07, 6.45) is 0. The van der Waals surface area contributed by atoms with Gasteiger partial charge in [-0.1, -0.05) is 42.5 Å². The van der Waals surface area contributed by atoms with Gasteiger partial charge >= 0.3 is 11.2 Å². The number of carbonyl (C=O) groups is 1. The smallest absolute Gasteiger partial charge is 0.336 e. The van der Waals surface area contributed by atoms with E-state index in [9.17, 15) is 18.8 Å². The molecule has 0 radical (unpaired) electrons. The van der Waals surface area contributed by atoms with Crippen LogP contribution in [0.1, 0.15) is 5.56 Å². The fraction of sp³-hybridized carbons (Fsp3) is 0.0800. The van der Waals surface area contributed by atoms with Crippen molar-refractivity contribution in [3.8, 4) is 5.69 Å². The molecule has 0 atom stereocenters. The van der Waals surface area contributed by atoms with Crippen molar-refractivity contribution in [2.75, 3.05) is 0 Å². The molecule has 1 N–H and O–H groups in total. The van der Waals surface area contributed by atoms with Crippen LogP contribution >= 0.6 is 0 Å². The minimum Gasteiger partial charge on any atom is -0.449 e. The summed E-state index contributed by atoms with van der Waals surface area (Å²) in [6.45, 7) is -0.0333. The number of amides is 1. The number of carbonyl (C=O) groups excluding carboxylic acids is 1. The van der Waals surface area contributed by atoms with Crippen molar-refractivity contribution in [3.63, 3.8) is 0 Å². The topological polar surface area (TPSA) is 86.2 Å². The number of nitrogens with zero attached hydrogens (tertiary/aromatic N) is 2. The maximum atomic E-state index is 13.5. The normalized spacial score (nSPS) is 11.2. The van der Waals surface area contributed by atoms with Crippen molar-refractivity contribution < 1.29 is 13.6 Å². The maximum absolute atomic E-state index is 13.5. The predicted molar refractivity (Wildman–Crippen MR) is 122 cm³/mol. The van der Waals surface area contributed by atoms with Crippen LogP contribution in [0.3, 0.4) is 0 Å². The largest absolute Gasteiger partial charge is 0.449 e. The number of hydrogen-bond donors (Lipinski definition) is 1. The summed E-state index contributed by atoms with van der Waals surface area (Å²) in [5.74, 6) is -0.908. The highest BCUT2D eigenvalue weighted by molar-refractivity contribution is 6.02. The molecule has 0 unspecified atom stereocenters. The molecule has 2 aromatic heterocycles. The van der Waals surface area contributed by atoms with Crippen LogP contribution in [0.5, 0.6) is 0 Å². The van der Waals surface area contributed by atoms with E-state index in [1.807, 2.05) is 30.3 Å². The summed E-state index contributed by atoms with van der Waals surface area (Å²) in [5, 5.41) is 3.34. The average molecular weight is 443 g/mol. The van der Waals surface area contributed by atoms with E-state index in [1.54, 1.807) is 24.3 Å². The number of nitrogens with one attached hydrogen (secondary N) is 1. The molecular formula is C25H18FN3O4. The fourth-order valence-corrected chi connectivity index (χ4v) is 3.81. The molecule has 0 spiro atoms. The summed E-state index contributed by atoms with van der Waals surface area (Å²) in [6, 6.07) is 21.2. The molecule has 0 saturated carbocycles. The Morgan fingerprint density at radius 1 is 0.909 bits per heavy atom. The van der Waals surface area contributed by atoms with E-state index >= 15 is 0 Å². The van der Waals surface area contributed by atoms with Gasteiger partial charge in [-0.2, -0.15) is 0 Å². The van der Waals surface area contributed by atoms with Gasteiger partial charge in [-0.05, 0) is 42.0 Å². The van der Waals surface area contributed by atoms with Gasteiger partial charge in [-0.3, -0.25) is 14.2 Å². The van der Waals surface area contributed by atoms with Crippen molar-refractivity contribution in [3.05, 3.63) is 111 Å². The van der Waals surface area contributed by atoms with Crippen LogP contribution in [-0.4, -0.2) is 15.0 Å². The lowest BCUT2D eigenvalue weighted by molar-refractivity contribution is -0.121. The Morgan fingerprint density at radius 3 is 2.36 bits per heavy atom. The second-order valence-electron chi connectivity index (χ2n) is 7.52. The monoisotopic (exact) mass is 443 g/mol. The molecule has 2 heterocycles. The van der Waals surface area contributed by atoms with Crippen LogP contribution in [0.25, 0.3) is 27.8 Å². The van der Waals surface area contributed by atoms with E-state index in [1.165, 1.54) is 16.7 Å². The zero-order chi connectivity index (χ0) is 22.9. The number of furan rings is 1. The van der Waals surface area contributed by atoms with Crippen molar-refractivity contribution in [1.29, 1.82) is 0 Å². The number of aromatic nitrogens is 2.